The van der Waals surface area contributed by atoms with Gasteiger partial charge < -0.3 is 10.0 Å². The third-order valence-electron chi connectivity index (χ3n) is 7.95. The number of amides is 1. The summed E-state index contributed by atoms with van der Waals surface area (Å²) in [7, 11) is -3.28. The zero-order valence-electron chi connectivity index (χ0n) is 17.9. The predicted molar refractivity (Wildman–Crippen MR) is 110 cm³/mol. The minimum absolute atomic E-state index is 0.0101. The number of piperidine rings is 1. The molecule has 0 aromatic rings. The first-order valence-corrected chi connectivity index (χ1v) is 12.9. The van der Waals surface area contributed by atoms with Crippen molar-refractivity contribution in [1.82, 2.24) is 9.62 Å². The number of likely N-dealkylation sites (tertiary alicyclic amines) is 1. The lowest BCUT2D eigenvalue weighted by Crippen LogP contribution is -2.58. The van der Waals surface area contributed by atoms with Gasteiger partial charge in [-0.3, -0.25) is 4.79 Å². The lowest BCUT2D eigenvalue weighted by Gasteiger charge is -2.56. The van der Waals surface area contributed by atoms with E-state index in [0.717, 1.165) is 51.6 Å². The molecule has 0 aromatic carbocycles. The van der Waals surface area contributed by atoms with Gasteiger partial charge in [-0.2, -0.15) is 0 Å². The average molecular weight is 415 g/mol. The Balaban J connectivity index is 1.76. The van der Waals surface area contributed by atoms with Gasteiger partial charge in [0.05, 0.1) is 12.4 Å². The summed E-state index contributed by atoms with van der Waals surface area (Å²) in [4.78, 5) is 15.0. The van der Waals surface area contributed by atoms with E-state index in [0.29, 0.717) is 0 Å². The van der Waals surface area contributed by atoms with Gasteiger partial charge in [0.15, 0.2) is 0 Å². The Morgan fingerprint density at radius 3 is 2.39 bits per heavy atom. The summed E-state index contributed by atoms with van der Waals surface area (Å²) in [6, 6.07) is -0.144. The van der Waals surface area contributed by atoms with Crippen molar-refractivity contribution in [2.24, 2.45) is 29.1 Å². The number of aliphatic hydroxyl groups excluding tert-OH is 1. The van der Waals surface area contributed by atoms with Crippen molar-refractivity contribution in [3.05, 3.63) is 0 Å². The molecule has 0 spiro atoms. The van der Waals surface area contributed by atoms with E-state index >= 15 is 0 Å². The number of rotatable bonds is 4. The molecule has 0 radical (unpaired) electrons. The summed E-state index contributed by atoms with van der Waals surface area (Å²) in [5.41, 5.74) is 0.0128. The number of nitrogens with one attached hydrogen (secondary N) is 1. The first kappa shape index (κ1) is 22.0. The van der Waals surface area contributed by atoms with Gasteiger partial charge in [-0.25, -0.2) is 13.1 Å². The van der Waals surface area contributed by atoms with Crippen LogP contribution in [0.3, 0.4) is 0 Å². The van der Waals surface area contributed by atoms with Crippen LogP contribution in [0.5, 0.6) is 0 Å². The van der Waals surface area contributed by atoms with Crippen molar-refractivity contribution in [1.29, 1.82) is 0 Å². The first-order chi connectivity index (χ1) is 13.0. The van der Waals surface area contributed by atoms with Crippen molar-refractivity contribution in [3.63, 3.8) is 0 Å². The van der Waals surface area contributed by atoms with Crippen LogP contribution in [0.2, 0.25) is 0 Å². The number of sulfonamides is 1. The summed E-state index contributed by atoms with van der Waals surface area (Å²) in [6.45, 7) is 7.95. The van der Waals surface area contributed by atoms with Crippen LogP contribution in [-0.4, -0.2) is 55.8 Å². The molecule has 1 heterocycles. The second-order valence-electron chi connectivity index (χ2n) is 9.94. The molecule has 2 N–H and O–H groups in total. The molecule has 3 aliphatic rings. The molecule has 7 heteroatoms. The Bertz CT molecular complexity index is 676. The Hall–Kier alpha value is -0.660. The molecule has 1 aliphatic heterocycles. The van der Waals surface area contributed by atoms with Crippen LogP contribution < -0.4 is 4.72 Å². The standard InChI is InChI=1S/C21H38N2O4S/c1-14(20(25)23-12-6-5-7-13-23)16-8-10-21(3)11-9-17(22-28(4,26)27)15(2)18(21)19(16)24/h14-19,22,24H,5-13H2,1-4H3/t14-,15+,16+,17-,18+,19-,21-/m0/s1. The highest BCUT2D eigenvalue weighted by Gasteiger charge is 2.54. The molecule has 0 aromatic heterocycles. The molecule has 1 amide bonds. The fraction of sp³-hybridized carbons (Fsp3) is 0.952. The van der Waals surface area contributed by atoms with Crippen molar-refractivity contribution >= 4 is 15.9 Å². The number of hydrogen-bond acceptors (Lipinski definition) is 4. The lowest BCUT2D eigenvalue weighted by molar-refractivity contribution is -0.150. The molecule has 7 atom stereocenters. The average Bonchev–Trinajstić information content (AvgIpc) is 2.63. The van der Waals surface area contributed by atoms with Crippen LogP contribution >= 0.6 is 0 Å². The van der Waals surface area contributed by atoms with E-state index in [4.69, 9.17) is 0 Å². The van der Waals surface area contributed by atoms with E-state index in [1.54, 1.807) is 0 Å². The van der Waals surface area contributed by atoms with Crippen molar-refractivity contribution in [2.45, 2.75) is 77.9 Å². The van der Waals surface area contributed by atoms with Crippen molar-refractivity contribution in [2.75, 3.05) is 19.3 Å². The topological polar surface area (TPSA) is 86.7 Å². The van der Waals surface area contributed by atoms with E-state index < -0.39 is 16.1 Å². The second kappa shape index (κ2) is 8.23. The summed E-state index contributed by atoms with van der Waals surface area (Å²) in [5.74, 6) is 0.000995. The van der Waals surface area contributed by atoms with Gasteiger partial charge in [-0.1, -0.05) is 20.8 Å². The van der Waals surface area contributed by atoms with Crippen LogP contribution in [-0.2, 0) is 14.8 Å². The smallest absolute Gasteiger partial charge is 0.225 e. The molecule has 6 nitrogen and oxygen atoms in total. The summed E-state index contributed by atoms with van der Waals surface area (Å²) in [5, 5.41) is 11.4. The van der Waals surface area contributed by atoms with Gasteiger partial charge in [0.1, 0.15) is 0 Å². The minimum atomic E-state index is -3.28. The van der Waals surface area contributed by atoms with E-state index in [1.807, 2.05) is 11.8 Å². The van der Waals surface area contributed by atoms with Crippen LogP contribution in [0, 0.1) is 29.1 Å². The number of fused-ring (bicyclic) bond motifs is 1. The van der Waals surface area contributed by atoms with E-state index in [-0.39, 0.29) is 41.0 Å². The molecule has 162 valence electrons. The van der Waals surface area contributed by atoms with E-state index in [9.17, 15) is 18.3 Å². The largest absolute Gasteiger partial charge is 0.392 e. The molecular weight excluding hydrogens is 376 g/mol. The predicted octanol–water partition coefficient (Wildman–Crippen LogP) is 2.38. The van der Waals surface area contributed by atoms with E-state index in [1.165, 1.54) is 12.7 Å². The van der Waals surface area contributed by atoms with Gasteiger partial charge in [0.25, 0.3) is 0 Å². The fourth-order valence-electron chi connectivity index (χ4n) is 6.32. The number of hydrogen-bond donors (Lipinski definition) is 2. The number of carbonyl (C=O) groups excluding carboxylic acids is 1. The fourth-order valence-corrected chi connectivity index (χ4v) is 7.20. The van der Waals surface area contributed by atoms with Crippen LogP contribution in [0.4, 0.5) is 0 Å². The van der Waals surface area contributed by atoms with Crippen LogP contribution in [0.25, 0.3) is 0 Å². The first-order valence-electron chi connectivity index (χ1n) is 11.0. The SMILES string of the molecule is C[C@H]1[C@@H]2[C@@H](O)[C@@H]([C@H](C)C(=O)N3CCCCC3)CC[C@@]2(C)CC[C@@H]1NS(C)(=O)=O. The third kappa shape index (κ3) is 4.41. The maximum Gasteiger partial charge on any atom is 0.225 e. The lowest BCUT2D eigenvalue weighted by atomic mass is 9.52. The number of carbonyl (C=O) groups is 1. The Morgan fingerprint density at radius 2 is 1.79 bits per heavy atom. The molecule has 0 unspecified atom stereocenters. The molecule has 3 fully saturated rings. The highest BCUT2D eigenvalue weighted by Crippen LogP contribution is 2.55. The highest BCUT2D eigenvalue weighted by molar-refractivity contribution is 7.88. The Morgan fingerprint density at radius 1 is 1.18 bits per heavy atom. The van der Waals surface area contributed by atoms with E-state index in [2.05, 4.69) is 18.6 Å². The number of nitrogens with zero attached hydrogens (tertiary/aromatic N) is 1. The molecular formula is C21H38N2O4S. The van der Waals surface area contributed by atoms with Crippen molar-refractivity contribution in [3.8, 4) is 0 Å². The zero-order chi connectivity index (χ0) is 20.7. The monoisotopic (exact) mass is 414 g/mol. The number of aliphatic hydroxyl groups is 1. The normalized spacial score (nSPS) is 40.6. The Labute approximate surface area is 170 Å². The second-order valence-corrected chi connectivity index (χ2v) is 11.7. The van der Waals surface area contributed by atoms with Gasteiger partial charge >= 0.3 is 0 Å². The quantitative estimate of drug-likeness (QED) is 0.739. The highest BCUT2D eigenvalue weighted by atomic mass is 32.2. The van der Waals surface area contributed by atoms with Crippen molar-refractivity contribution < 1.29 is 18.3 Å². The molecule has 2 saturated carbocycles. The molecule has 0 bridgehead atoms. The summed E-state index contributed by atoms with van der Waals surface area (Å²) < 4.78 is 26.3. The molecule has 28 heavy (non-hydrogen) atoms. The van der Waals surface area contributed by atoms with Gasteiger partial charge in [-0.05, 0) is 68.1 Å². The molecule has 1 saturated heterocycles. The molecule has 2 aliphatic carbocycles. The maximum absolute atomic E-state index is 13.0. The van der Waals surface area contributed by atoms with Gasteiger partial charge in [0.2, 0.25) is 15.9 Å². The maximum atomic E-state index is 13.0. The minimum Gasteiger partial charge on any atom is -0.392 e. The zero-order valence-corrected chi connectivity index (χ0v) is 18.7. The molecule has 3 rings (SSSR count). The summed E-state index contributed by atoms with van der Waals surface area (Å²) >= 11 is 0. The van der Waals surface area contributed by atoms with Crippen LogP contribution in [0.1, 0.15) is 65.7 Å². The third-order valence-corrected chi connectivity index (χ3v) is 8.68. The summed E-state index contributed by atoms with van der Waals surface area (Å²) in [6.07, 6.45) is 7.54. The van der Waals surface area contributed by atoms with Gasteiger partial charge in [0, 0.05) is 25.0 Å². The Kier molecular flexibility index (Phi) is 6.47. The van der Waals surface area contributed by atoms with Gasteiger partial charge in [-0.15, -0.1) is 0 Å². The van der Waals surface area contributed by atoms with Crippen LogP contribution in [0.15, 0.2) is 0 Å².